The van der Waals surface area contributed by atoms with Crippen molar-refractivity contribution in [2.24, 2.45) is 0 Å². The zero-order valence-electron chi connectivity index (χ0n) is 10.4. The number of hydrogen-bond donors (Lipinski definition) is 2. The Morgan fingerprint density at radius 1 is 1.62 bits per heavy atom. The van der Waals surface area contributed by atoms with Gasteiger partial charge in [-0.2, -0.15) is 0 Å². The van der Waals surface area contributed by atoms with Crippen molar-refractivity contribution in [1.29, 1.82) is 0 Å². The number of nitrogens with one attached hydrogen (secondary N) is 1. The van der Waals surface area contributed by atoms with Gasteiger partial charge in [-0.1, -0.05) is 6.08 Å². The minimum atomic E-state index is -0.835. The van der Waals surface area contributed by atoms with E-state index in [1.54, 1.807) is 13.0 Å². The third-order valence-electron chi connectivity index (χ3n) is 3.36. The maximum absolute atomic E-state index is 10.6. The second kappa shape index (κ2) is 6.01. The van der Waals surface area contributed by atoms with Gasteiger partial charge in [0.2, 0.25) is 0 Å². The Labute approximate surface area is 97.3 Å². The molecule has 0 aromatic carbocycles. The molecule has 1 saturated heterocycles. The average molecular weight is 226 g/mol. The summed E-state index contributed by atoms with van der Waals surface area (Å²) in [5, 5.41) is 12.1. The summed E-state index contributed by atoms with van der Waals surface area (Å²) in [5.74, 6) is -0.835. The van der Waals surface area contributed by atoms with Crippen molar-refractivity contribution in [2.75, 3.05) is 20.1 Å². The van der Waals surface area contributed by atoms with Crippen LogP contribution in [0.4, 0.5) is 0 Å². The molecule has 1 heterocycles. The molecule has 0 saturated carbocycles. The summed E-state index contributed by atoms with van der Waals surface area (Å²) in [6, 6.07) is 1.12. The lowest BCUT2D eigenvalue weighted by Crippen LogP contribution is -2.45. The molecule has 0 bridgehead atoms. The normalized spacial score (nSPS) is 28.1. The van der Waals surface area contributed by atoms with Crippen LogP contribution in [0.25, 0.3) is 0 Å². The molecular weight excluding hydrogens is 204 g/mol. The van der Waals surface area contributed by atoms with Crippen molar-refractivity contribution in [3.8, 4) is 0 Å². The van der Waals surface area contributed by atoms with Gasteiger partial charge in [0.05, 0.1) is 0 Å². The SMILES string of the molecule is C/C(=C/CNC1CCN(C)C(C)C1)C(=O)O. The minimum absolute atomic E-state index is 0.411. The molecule has 0 aromatic heterocycles. The Morgan fingerprint density at radius 3 is 2.88 bits per heavy atom. The number of aliphatic carboxylic acids is 1. The van der Waals surface area contributed by atoms with E-state index in [4.69, 9.17) is 5.11 Å². The van der Waals surface area contributed by atoms with E-state index < -0.39 is 5.97 Å². The third kappa shape index (κ3) is 3.94. The van der Waals surface area contributed by atoms with Gasteiger partial charge in [0.25, 0.3) is 0 Å². The fourth-order valence-electron chi connectivity index (χ4n) is 1.94. The highest BCUT2D eigenvalue weighted by Gasteiger charge is 2.21. The summed E-state index contributed by atoms with van der Waals surface area (Å²) < 4.78 is 0. The quantitative estimate of drug-likeness (QED) is 0.705. The Hall–Kier alpha value is -0.870. The third-order valence-corrected chi connectivity index (χ3v) is 3.36. The first-order chi connectivity index (χ1) is 7.50. The summed E-state index contributed by atoms with van der Waals surface area (Å²) in [7, 11) is 2.15. The molecule has 1 aliphatic rings. The number of hydrogen-bond acceptors (Lipinski definition) is 3. The monoisotopic (exact) mass is 226 g/mol. The average Bonchev–Trinajstić information content (AvgIpc) is 2.23. The molecule has 2 N–H and O–H groups in total. The first-order valence-electron chi connectivity index (χ1n) is 5.84. The van der Waals surface area contributed by atoms with Crippen molar-refractivity contribution in [3.63, 3.8) is 0 Å². The number of piperidine rings is 1. The highest BCUT2D eigenvalue weighted by Crippen LogP contribution is 2.14. The Balaban J connectivity index is 2.29. The molecule has 0 aromatic rings. The Kier molecular flexibility index (Phi) is 4.96. The fourth-order valence-corrected chi connectivity index (χ4v) is 1.94. The summed E-state index contributed by atoms with van der Waals surface area (Å²) in [6.07, 6.45) is 4.02. The van der Waals surface area contributed by atoms with Gasteiger partial charge in [0.15, 0.2) is 0 Å². The second-order valence-electron chi connectivity index (χ2n) is 4.65. The van der Waals surface area contributed by atoms with E-state index >= 15 is 0 Å². The Bertz CT molecular complexity index is 276. The maximum Gasteiger partial charge on any atom is 0.330 e. The molecular formula is C12H22N2O2. The predicted octanol–water partition coefficient (Wildman–Crippen LogP) is 1.09. The lowest BCUT2D eigenvalue weighted by Gasteiger charge is -2.35. The number of nitrogens with zero attached hydrogens (tertiary/aromatic N) is 1. The topological polar surface area (TPSA) is 52.6 Å². The fraction of sp³-hybridized carbons (Fsp3) is 0.750. The standard InChI is InChI=1S/C12H22N2O2/c1-9(12(15)16)4-6-13-11-5-7-14(3)10(2)8-11/h4,10-11,13H,5-8H2,1-3H3,(H,15,16)/b9-4-. The number of rotatable bonds is 4. The smallest absolute Gasteiger partial charge is 0.330 e. The first-order valence-corrected chi connectivity index (χ1v) is 5.84. The molecule has 2 unspecified atom stereocenters. The van der Waals surface area contributed by atoms with Gasteiger partial charge in [-0.3, -0.25) is 0 Å². The molecule has 92 valence electrons. The first kappa shape index (κ1) is 13.2. The minimum Gasteiger partial charge on any atom is -0.478 e. The van der Waals surface area contributed by atoms with E-state index in [1.807, 2.05) is 0 Å². The van der Waals surface area contributed by atoms with Crippen LogP contribution in [0.15, 0.2) is 11.6 Å². The molecule has 4 nitrogen and oxygen atoms in total. The van der Waals surface area contributed by atoms with Gasteiger partial charge in [0, 0.05) is 24.2 Å². The van der Waals surface area contributed by atoms with Gasteiger partial charge < -0.3 is 15.3 Å². The molecule has 0 aliphatic carbocycles. The molecule has 1 aliphatic heterocycles. The van der Waals surface area contributed by atoms with Crippen LogP contribution >= 0.6 is 0 Å². The van der Waals surface area contributed by atoms with Crippen LogP contribution < -0.4 is 5.32 Å². The van der Waals surface area contributed by atoms with Crippen LogP contribution in [0, 0.1) is 0 Å². The van der Waals surface area contributed by atoms with Crippen molar-refractivity contribution in [2.45, 2.75) is 38.8 Å². The van der Waals surface area contributed by atoms with Crippen LogP contribution in [0.5, 0.6) is 0 Å². The van der Waals surface area contributed by atoms with Crippen molar-refractivity contribution in [1.82, 2.24) is 10.2 Å². The molecule has 0 amide bonds. The van der Waals surface area contributed by atoms with Crippen LogP contribution in [-0.4, -0.2) is 48.2 Å². The summed E-state index contributed by atoms with van der Waals surface area (Å²) >= 11 is 0. The van der Waals surface area contributed by atoms with E-state index in [-0.39, 0.29) is 0 Å². The van der Waals surface area contributed by atoms with E-state index in [2.05, 4.69) is 24.2 Å². The zero-order chi connectivity index (χ0) is 12.1. The van der Waals surface area contributed by atoms with Gasteiger partial charge in [-0.15, -0.1) is 0 Å². The summed E-state index contributed by atoms with van der Waals surface area (Å²) in [5.41, 5.74) is 0.411. The van der Waals surface area contributed by atoms with Gasteiger partial charge in [-0.05, 0) is 40.3 Å². The lowest BCUT2D eigenvalue weighted by atomic mass is 9.99. The molecule has 4 heteroatoms. The van der Waals surface area contributed by atoms with E-state index in [9.17, 15) is 4.79 Å². The molecule has 2 atom stereocenters. The van der Waals surface area contributed by atoms with Gasteiger partial charge in [0.1, 0.15) is 0 Å². The summed E-state index contributed by atoms with van der Waals surface area (Å²) in [6.45, 7) is 5.62. The van der Waals surface area contributed by atoms with Crippen LogP contribution in [0.3, 0.4) is 0 Å². The summed E-state index contributed by atoms with van der Waals surface area (Å²) in [4.78, 5) is 12.9. The second-order valence-corrected chi connectivity index (χ2v) is 4.65. The highest BCUT2D eigenvalue weighted by molar-refractivity contribution is 5.85. The number of carbonyl (C=O) groups is 1. The Morgan fingerprint density at radius 2 is 2.31 bits per heavy atom. The van der Waals surface area contributed by atoms with Gasteiger partial charge in [-0.25, -0.2) is 4.79 Å². The van der Waals surface area contributed by atoms with E-state index in [1.165, 1.54) is 0 Å². The van der Waals surface area contributed by atoms with E-state index in [0.29, 0.717) is 24.2 Å². The van der Waals surface area contributed by atoms with E-state index in [0.717, 1.165) is 19.4 Å². The molecule has 1 fully saturated rings. The van der Waals surface area contributed by atoms with Crippen molar-refractivity contribution in [3.05, 3.63) is 11.6 Å². The number of likely N-dealkylation sites (tertiary alicyclic amines) is 1. The molecule has 0 spiro atoms. The highest BCUT2D eigenvalue weighted by atomic mass is 16.4. The zero-order valence-corrected chi connectivity index (χ0v) is 10.4. The number of carboxylic acids is 1. The molecule has 1 rings (SSSR count). The van der Waals surface area contributed by atoms with Crippen LogP contribution in [-0.2, 0) is 4.79 Å². The van der Waals surface area contributed by atoms with Crippen molar-refractivity contribution < 1.29 is 9.90 Å². The lowest BCUT2D eigenvalue weighted by molar-refractivity contribution is -0.132. The number of carboxylic acid groups (broad SMARTS) is 1. The molecule has 0 radical (unpaired) electrons. The van der Waals surface area contributed by atoms with Gasteiger partial charge >= 0.3 is 5.97 Å². The molecule has 16 heavy (non-hydrogen) atoms. The van der Waals surface area contributed by atoms with Crippen molar-refractivity contribution >= 4 is 5.97 Å². The maximum atomic E-state index is 10.6. The largest absolute Gasteiger partial charge is 0.478 e. The van der Waals surface area contributed by atoms with Crippen LogP contribution in [0.2, 0.25) is 0 Å². The van der Waals surface area contributed by atoms with Crippen LogP contribution in [0.1, 0.15) is 26.7 Å². The predicted molar refractivity (Wildman–Crippen MR) is 64.5 cm³/mol.